The first-order valence-electron chi connectivity index (χ1n) is 7.15. The lowest BCUT2D eigenvalue weighted by Crippen LogP contribution is -2.22. The van der Waals surface area contributed by atoms with Gasteiger partial charge in [0.05, 0.1) is 23.5 Å². The second-order valence-corrected chi connectivity index (χ2v) is 5.76. The Hall–Kier alpha value is -2.12. The molecule has 0 aliphatic carbocycles. The lowest BCUT2D eigenvalue weighted by atomic mass is 9.89. The van der Waals surface area contributed by atoms with Gasteiger partial charge in [0, 0.05) is 18.0 Å². The van der Waals surface area contributed by atoms with Crippen molar-refractivity contribution in [2.24, 2.45) is 0 Å². The lowest BCUT2D eigenvalue weighted by Gasteiger charge is -2.17. The largest absolute Gasteiger partial charge is 0.342 e. The van der Waals surface area contributed by atoms with Crippen molar-refractivity contribution in [1.82, 2.24) is 15.3 Å². The zero-order chi connectivity index (χ0) is 13.5. The Bertz CT molecular complexity index is 665. The first kappa shape index (κ1) is 11.7. The maximum atomic E-state index is 8.83. The molecule has 2 aliphatic rings. The number of benzene rings is 1. The van der Waals surface area contributed by atoms with E-state index in [1.165, 1.54) is 19.3 Å². The highest BCUT2D eigenvalue weighted by atomic mass is 15.1. The SMILES string of the molecule is N#Cc1ccc(-c2cnc(C3CC4CCC3N4)[nH]2)cc1. The van der Waals surface area contributed by atoms with E-state index in [0.717, 1.165) is 17.1 Å². The Balaban J connectivity index is 1.60. The standard InChI is InChI=1S/C16H16N4/c17-8-10-1-3-11(4-2-10)15-9-18-16(20-15)13-7-12-5-6-14(13)19-12/h1-4,9,12-14,19H,5-7H2,(H,18,20). The van der Waals surface area contributed by atoms with Gasteiger partial charge in [0.2, 0.25) is 0 Å². The molecule has 4 rings (SSSR count). The van der Waals surface area contributed by atoms with Crippen LogP contribution in [0.15, 0.2) is 30.5 Å². The third kappa shape index (κ3) is 1.83. The fraction of sp³-hybridized carbons (Fsp3) is 0.375. The molecular weight excluding hydrogens is 248 g/mol. The number of nitriles is 1. The molecule has 0 spiro atoms. The molecule has 0 amide bonds. The lowest BCUT2D eigenvalue weighted by molar-refractivity contribution is 0.490. The molecule has 2 saturated heterocycles. The van der Waals surface area contributed by atoms with Gasteiger partial charge in [-0.1, -0.05) is 12.1 Å². The fourth-order valence-corrected chi connectivity index (χ4v) is 3.52. The van der Waals surface area contributed by atoms with Crippen LogP contribution < -0.4 is 5.32 Å². The van der Waals surface area contributed by atoms with E-state index in [9.17, 15) is 0 Å². The highest BCUT2D eigenvalue weighted by molar-refractivity contribution is 5.59. The van der Waals surface area contributed by atoms with Gasteiger partial charge < -0.3 is 10.3 Å². The van der Waals surface area contributed by atoms with E-state index >= 15 is 0 Å². The zero-order valence-electron chi connectivity index (χ0n) is 11.1. The Kier molecular flexibility index (Phi) is 2.61. The summed E-state index contributed by atoms with van der Waals surface area (Å²) in [6.07, 6.45) is 5.68. The Labute approximate surface area is 117 Å². The number of imidazole rings is 1. The van der Waals surface area contributed by atoms with Crippen LogP contribution in [0, 0.1) is 11.3 Å². The molecule has 20 heavy (non-hydrogen) atoms. The number of aromatic nitrogens is 2. The van der Waals surface area contributed by atoms with E-state index < -0.39 is 0 Å². The van der Waals surface area contributed by atoms with E-state index in [1.54, 1.807) is 0 Å². The van der Waals surface area contributed by atoms with Crippen LogP contribution >= 0.6 is 0 Å². The number of fused-ring (bicyclic) bond motifs is 2. The van der Waals surface area contributed by atoms with Gasteiger partial charge in [-0.05, 0) is 37.0 Å². The topological polar surface area (TPSA) is 64.5 Å². The quantitative estimate of drug-likeness (QED) is 0.876. The van der Waals surface area contributed by atoms with Gasteiger partial charge in [0.1, 0.15) is 5.82 Å². The molecule has 3 atom stereocenters. The molecule has 2 aliphatic heterocycles. The number of nitrogens with zero attached hydrogens (tertiary/aromatic N) is 2. The molecule has 1 aromatic heterocycles. The Morgan fingerprint density at radius 2 is 2.05 bits per heavy atom. The second kappa shape index (κ2) is 4.46. The molecule has 2 bridgehead atoms. The van der Waals surface area contributed by atoms with Crippen LogP contribution in [-0.2, 0) is 0 Å². The van der Waals surface area contributed by atoms with Crippen molar-refractivity contribution in [3.63, 3.8) is 0 Å². The molecule has 4 heteroatoms. The van der Waals surface area contributed by atoms with Crippen molar-refractivity contribution < 1.29 is 0 Å². The highest BCUT2D eigenvalue weighted by Crippen LogP contribution is 2.39. The minimum atomic E-state index is 0.529. The molecule has 2 fully saturated rings. The van der Waals surface area contributed by atoms with E-state index in [2.05, 4.69) is 21.4 Å². The van der Waals surface area contributed by atoms with Gasteiger partial charge in [-0.25, -0.2) is 4.98 Å². The average molecular weight is 264 g/mol. The predicted octanol–water partition coefficient (Wildman–Crippen LogP) is 2.56. The van der Waals surface area contributed by atoms with Crippen molar-refractivity contribution >= 4 is 0 Å². The minimum Gasteiger partial charge on any atom is -0.342 e. The summed E-state index contributed by atoms with van der Waals surface area (Å²) in [5.74, 6) is 1.63. The van der Waals surface area contributed by atoms with Crippen molar-refractivity contribution in [2.75, 3.05) is 0 Å². The molecule has 3 unspecified atom stereocenters. The van der Waals surface area contributed by atoms with E-state index in [-0.39, 0.29) is 0 Å². The zero-order valence-corrected chi connectivity index (χ0v) is 11.1. The van der Waals surface area contributed by atoms with Crippen LogP contribution in [0.4, 0.5) is 0 Å². The molecule has 3 heterocycles. The van der Waals surface area contributed by atoms with Gasteiger partial charge in [0.25, 0.3) is 0 Å². The van der Waals surface area contributed by atoms with Crippen molar-refractivity contribution in [1.29, 1.82) is 5.26 Å². The summed E-state index contributed by atoms with van der Waals surface area (Å²) in [5.41, 5.74) is 2.80. The number of hydrogen-bond donors (Lipinski definition) is 2. The molecule has 1 aromatic carbocycles. The van der Waals surface area contributed by atoms with Gasteiger partial charge in [-0.15, -0.1) is 0 Å². The summed E-state index contributed by atoms with van der Waals surface area (Å²) < 4.78 is 0. The van der Waals surface area contributed by atoms with Crippen molar-refractivity contribution in [2.45, 2.75) is 37.3 Å². The van der Waals surface area contributed by atoms with Crippen LogP contribution in [0.2, 0.25) is 0 Å². The molecule has 2 aromatic rings. The van der Waals surface area contributed by atoms with Gasteiger partial charge >= 0.3 is 0 Å². The maximum absolute atomic E-state index is 8.83. The summed E-state index contributed by atoms with van der Waals surface area (Å²) in [6, 6.07) is 11.0. The molecule has 0 saturated carbocycles. The van der Waals surface area contributed by atoms with Crippen molar-refractivity contribution in [3.8, 4) is 17.3 Å². The fourth-order valence-electron chi connectivity index (χ4n) is 3.52. The highest BCUT2D eigenvalue weighted by Gasteiger charge is 2.41. The number of hydrogen-bond acceptors (Lipinski definition) is 3. The van der Waals surface area contributed by atoms with Gasteiger partial charge in [0.15, 0.2) is 0 Å². The summed E-state index contributed by atoms with van der Waals surface area (Å²) >= 11 is 0. The van der Waals surface area contributed by atoms with Crippen LogP contribution in [0.1, 0.15) is 36.6 Å². The van der Waals surface area contributed by atoms with Gasteiger partial charge in [-0.2, -0.15) is 5.26 Å². The Morgan fingerprint density at radius 3 is 2.70 bits per heavy atom. The van der Waals surface area contributed by atoms with Crippen LogP contribution in [0.25, 0.3) is 11.3 Å². The third-order valence-electron chi connectivity index (χ3n) is 4.57. The van der Waals surface area contributed by atoms with Crippen LogP contribution in [-0.4, -0.2) is 22.1 Å². The number of aromatic amines is 1. The summed E-state index contributed by atoms with van der Waals surface area (Å²) in [6.45, 7) is 0. The normalized spacial score (nSPS) is 27.6. The summed E-state index contributed by atoms with van der Waals surface area (Å²) in [7, 11) is 0. The van der Waals surface area contributed by atoms with E-state index in [0.29, 0.717) is 23.6 Å². The molecule has 0 radical (unpaired) electrons. The van der Waals surface area contributed by atoms with E-state index in [1.807, 2.05) is 30.5 Å². The monoisotopic (exact) mass is 264 g/mol. The second-order valence-electron chi connectivity index (χ2n) is 5.76. The average Bonchev–Trinajstić information content (AvgIpc) is 3.23. The number of H-pyrrole nitrogens is 1. The first-order valence-corrected chi connectivity index (χ1v) is 7.15. The third-order valence-corrected chi connectivity index (χ3v) is 4.57. The van der Waals surface area contributed by atoms with Crippen LogP contribution in [0.3, 0.4) is 0 Å². The maximum Gasteiger partial charge on any atom is 0.111 e. The molecule has 100 valence electrons. The number of nitrogens with one attached hydrogen (secondary N) is 2. The number of rotatable bonds is 2. The Morgan fingerprint density at radius 1 is 1.20 bits per heavy atom. The van der Waals surface area contributed by atoms with Crippen LogP contribution in [0.5, 0.6) is 0 Å². The smallest absolute Gasteiger partial charge is 0.111 e. The summed E-state index contributed by atoms with van der Waals surface area (Å²) in [4.78, 5) is 8.04. The molecule has 4 nitrogen and oxygen atoms in total. The molecular formula is C16H16N4. The molecule has 2 N–H and O–H groups in total. The van der Waals surface area contributed by atoms with Crippen molar-refractivity contribution in [3.05, 3.63) is 41.9 Å². The predicted molar refractivity (Wildman–Crippen MR) is 76.0 cm³/mol. The van der Waals surface area contributed by atoms with E-state index in [4.69, 9.17) is 5.26 Å². The van der Waals surface area contributed by atoms with Gasteiger partial charge in [-0.3, -0.25) is 0 Å². The minimum absolute atomic E-state index is 0.529. The summed E-state index contributed by atoms with van der Waals surface area (Å²) in [5, 5.41) is 12.5. The first-order chi connectivity index (χ1) is 9.83.